The summed E-state index contributed by atoms with van der Waals surface area (Å²) in [4.78, 5) is 4.71. The molecular formula is C117H96N4O2Si3. The molecule has 0 spiro atoms. The molecule has 18 aromatic carbocycles. The average Bonchev–Trinajstić information content (AvgIpc) is 1.56. The first-order chi connectivity index (χ1) is 61.3. The van der Waals surface area contributed by atoms with Crippen LogP contribution in [0.4, 0.5) is 34.1 Å². The SMILES string of the molecule is C[Si](C)(C)c1ccc(-c2ccc(N(c3ccc(-c4ccccc4)cc3)c3ccc(-c4ccc5c(c4)c4ccccc4n5-c4ccccc4)cc3)cc2)cc1.C[Si](C)(C)c1ccc2c(c1)oc1cc(-c3ccc(N(c4ccc(-c5ccc6c(c5)oc5ccccc56)cc4)c4ccc(-c5ccc6c(c5)c5cc([Si](C)(C)C)ccc5n6-c5ccccc5)cc4)cc3)ccc12. The van der Waals surface area contributed by atoms with Gasteiger partial charge in [-0.15, -0.1) is 0 Å². The topological polar surface area (TPSA) is 42.6 Å². The Labute approximate surface area is 739 Å². The lowest BCUT2D eigenvalue weighted by molar-refractivity contribution is 0.669. The van der Waals surface area contributed by atoms with Crippen molar-refractivity contribution in [3.63, 3.8) is 0 Å². The Morgan fingerprint density at radius 3 is 0.849 bits per heavy atom. The zero-order valence-corrected chi connectivity index (χ0v) is 75.4. The van der Waals surface area contributed by atoms with Crippen molar-refractivity contribution in [1.29, 1.82) is 0 Å². The predicted octanol–water partition coefficient (Wildman–Crippen LogP) is 31.9. The number of anilines is 6. The minimum atomic E-state index is -1.56. The number of hydrogen-bond donors (Lipinski definition) is 0. The predicted molar refractivity (Wildman–Crippen MR) is 547 cm³/mol. The Morgan fingerprint density at radius 2 is 0.429 bits per heavy atom. The Hall–Kier alpha value is -14.6. The first-order valence-electron chi connectivity index (χ1n) is 43.8. The normalized spacial score (nSPS) is 12.0. The van der Waals surface area contributed by atoms with Gasteiger partial charge in [0.05, 0.1) is 46.3 Å². The van der Waals surface area contributed by atoms with Gasteiger partial charge in [-0.1, -0.05) is 323 Å². The molecule has 126 heavy (non-hydrogen) atoms. The van der Waals surface area contributed by atoms with E-state index in [0.717, 1.165) is 94.9 Å². The zero-order chi connectivity index (χ0) is 85.5. The second kappa shape index (κ2) is 31.9. The highest BCUT2D eigenvalue weighted by Gasteiger charge is 2.25. The summed E-state index contributed by atoms with van der Waals surface area (Å²) in [7, 11) is -4.39. The molecule has 0 N–H and O–H groups in total. The zero-order valence-electron chi connectivity index (χ0n) is 72.4. The van der Waals surface area contributed by atoms with Crippen LogP contribution in [0.15, 0.2) is 427 Å². The molecule has 0 fully saturated rings. The van der Waals surface area contributed by atoms with Crippen LogP contribution in [0.1, 0.15) is 0 Å². The molecule has 0 radical (unpaired) electrons. The Bertz CT molecular complexity index is 7810. The van der Waals surface area contributed by atoms with Gasteiger partial charge in [-0.2, -0.15) is 0 Å². The second-order valence-corrected chi connectivity index (χ2v) is 51.8. The molecule has 4 aromatic heterocycles. The number of hydrogen-bond acceptors (Lipinski definition) is 4. The van der Waals surface area contributed by atoms with Crippen LogP contribution in [0.2, 0.25) is 58.9 Å². The Morgan fingerprint density at radius 1 is 0.175 bits per heavy atom. The molecule has 0 aliphatic heterocycles. The van der Waals surface area contributed by atoms with E-state index in [4.69, 9.17) is 8.83 Å². The third-order valence-corrected chi connectivity index (χ3v) is 31.5. The van der Waals surface area contributed by atoms with Crippen molar-refractivity contribution in [3.05, 3.63) is 419 Å². The molecule has 9 heteroatoms. The molecule has 0 saturated heterocycles. The van der Waals surface area contributed by atoms with Gasteiger partial charge in [-0.25, -0.2) is 0 Å². The molecule has 0 aliphatic carbocycles. The summed E-state index contributed by atoms with van der Waals surface area (Å²) in [5.74, 6) is 0. The quantitative estimate of drug-likeness (QED) is 0.0852. The fourth-order valence-corrected chi connectivity index (χ4v) is 21.8. The molecule has 0 aliphatic rings. The number of para-hydroxylation sites is 4. The lowest BCUT2D eigenvalue weighted by atomic mass is 10.0. The van der Waals surface area contributed by atoms with Crippen LogP contribution in [0.3, 0.4) is 0 Å². The van der Waals surface area contributed by atoms with Crippen molar-refractivity contribution in [2.24, 2.45) is 0 Å². The first kappa shape index (κ1) is 78.6. The molecule has 0 unspecified atom stereocenters. The lowest BCUT2D eigenvalue weighted by Crippen LogP contribution is -2.37. The van der Waals surface area contributed by atoms with Gasteiger partial charge in [0.25, 0.3) is 0 Å². The highest BCUT2D eigenvalue weighted by molar-refractivity contribution is 6.89. The number of aromatic nitrogens is 2. The van der Waals surface area contributed by atoms with Gasteiger partial charge >= 0.3 is 0 Å². The summed E-state index contributed by atoms with van der Waals surface area (Å²) in [6.07, 6.45) is 0. The van der Waals surface area contributed by atoms with Gasteiger partial charge in [-0.3, -0.25) is 0 Å². The highest BCUT2D eigenvalue weighted by atomic mass is 28.3. The Balaban J connectivity index is 0.000000160. The summed E-state index contributed by atoms with van der Waals surface area (Å²) >= 11 is 0. The molecule has 22 aromatic rings. The maximum Gasteiger partial charge on any atom is 0.136 e. The van der Waals surface area contributed by atoms with E-state index in [1.54, 1.807) is 0 Å². The van der Waals surface area contributed by atoms with Gasteiger partial charge in [-0.05, 0) is 237 Å². The van der Waals surface area contributed by atoms with E-state index in [-0.39, 0.29) is 0 Å². The van der Waals surface area contributed by atoms with Crippen LogP contribution in [-0.2, 0) is 0 Å². The molecule has 4 heterocycles. The fraction of sp³-hybridized carbons (Fsp3) is 0.0769. The van der Waals surface area contributed by atoms with Crippen molar-refractivity contribution < 1.29 is 8.83 Å². The van der Waals surface area contributed by atoms with Gasteiger partial charge < -0.3 is 27.8 Å². The molecule has 6 nitrogen and oxygen atoms in total. The standard InChI is InChI=1S/C66H54N2O2Si2.C51H42N2Si/c1-71(2,3)53-32-37-62-60(41-53)59-38-46(24-36-61(59)68(62)49-12-8-7-9-13-49)43-16-25-50(26-17-43)67(51-27-18-44(19-28-51)47-22-33-56-55-14-10-11-15-63(55)69-64(56)39-47)52-29-20-45(21-30-52)48-23-34-57-58-35-31-54(72(4,5)6)42-66(58)70-65(57)40-48;1-54(2,3)47-33-24-40(25-34-47)39-20-29-45(30-21-39)52(44-27-18-38(19-28-44)37-12-6-4-7-13-37)46-31-22-41(23-32-46)42-26-35-51-49(36-42)48-16-10-11-17-50(48)53(51)43-14-8-5-9-15-43/h7-42H,1-6H3;4-36H,1-3H3. The van der Waals surface area contributed by atoms with E-state index >= 15 is 0 Å². The van der Waals surface area contributed by atoms with Gasteiger partial charge in [0, 0.05) is 88.6 Å². The van der Waals surface area contributed by atoms with Crippen molar-refractivity contribution >= 4 is 161 Å². The minimum Gasteiger partial charge on any atom is -0.456 e. The number of nitrogens with zero attached hydrogens (tertiary/aromatic N) is 4. The molecule has 0 amide bonds. The molecule has 0 saturated carbocycles. The van der Waals surface area contributed by atoms with E-state index in [0.29, 0.717) is 0 Å². The number of fused-ring (bicyclic) bond motifs is 12. The Kier molecular flexibility index (Phi) is 19.9. The lowest BCUT2D eigenvalue weighted by Gasteiger charge is -2.26. The number of benzene rings is 18. The monoisotopic (exact) mass is 1670 g/mol. The maximum absolute atomic E-state index is 6.53. The van der Waals surface area contributed by atoms with Crippen LogP contribution < -0.4 is 25.4 Å². The van der Waals surface area contributed by atoms with Crippen LogP contribution in [0, 0.1) is 0 Å². The van der Waals surface area contributed by atoms with E-state index in [2.05, 4.69) is 484 Å². The third kappa shape index (κ3) is 14.9. The van der Waals surface area contributed by atoms with Crippen LogP contribution >= 0.6 is 0 Å². The van der Waals surface area contributed by atoms with Gasteiger partial charge in [0.2, 0.25) is 0 Å². The summed E-state index contributed by atoms with van der Waals surface area (Å²) < 4.78 is 17.6. The minimum absolute atomic E-state index is 0.896. The molecule has 0 bridgehead atoms. The molecule has 22 rings (SSSR count). The molecular weight excluding hydrogens is 1580 g/mol. The van der Waals surface area contributed by atoms with Crippen molar-refractivity contribution in [1.82, 2.24) is 9.13 Å². The van der Waals surface area contributed by atoms with Crippen molar-refractivity contribution in [3.8, 4) is 78.1 Å². The van der Waals surface area contributed by atoms with E-state index in [1.807, 2.05) is 12.1 Å². The van der Waals surface area contributed by atoms with Gasteiger partial charge in [0.1, 0.15) is 22.3 Å². The first-order valence-corrected chi connectivity index (χ1v) is 54.3. The maximum atomic E-state index is 6.53. The van der Waals surface area contributed by atoms with Crippen molar-refractivity contribution in [2.45, 2.75) is 58.9 Å². The number of rotatable bonds is 17. The average molecular weight is 1670 g/mol. The highest BCUT2D eigenvalue weighted by Crippen LogP contribution is 2.45. The summed E-state index contributed by atoms with van der Waals surface area (Å²) in [5.41, 5.74) is 31.6. The summed E-state index contributed by atoms with van der Waals surface area (Å²) in [6, 6.07) is 153. The molecule has 608 valence electrons. The van der Waals surface area contributed by atoms with E-state index in [1.165, 1.54) is 120 Å². The van der Waals surface area contributed by atoms with Crippen molar-refractivity contribution in [2.75, 3.05) is 9.80 Å². The van der Waals surface area contributed by atoms with Crippen LogP contribution in [0.5, 0.6) is 0 Å². The molecule has 0 atom stereocenters. The fourth-order valence-electron chi connectivity index (χ4n) is 18.4. The number of furan rings is 2. The summed E-state index contributed by atoms with van der Waals surface area (Å²) in [5, 5.41) is 14.0. The largest absolute Gasteiger partial charge is 0.456 e. The smallest absolute Gasteiger partial charge is 0.136 e. The second-order valence-electron chi connectivity index (χ2n) is 36.5. The van der Waals surface area contributed by atoms with Crippen LogP contribution in [-0.4, -0.2) is 33.4 Å². The van der Waals surface area contributed by atoms with Crippen LogP contribution in [0.25, 0.3) is 166 Å². The van der Waals surface area contributed by atoms with Gasteiger partial charge in [0.15, 0.2) is 0 Å². The third-order valence-electron chi connectivity index (χ3n) is 25.3. The van der Waals surface area contributed by atoms with E-state index < -0.39 is 24.2 Å². The van der Waals surface area contributed by atoms with E-state index in [9.17, 15) is 0 Å². The summed E-state index contributed by atoms with van der Waals surface area (Å²) in [6.45, 7) is 21.6.